The van der Waals surface area contributed by atoms with Gasteiger partial charge in [-0.25, -0.2) is 4.98 Å². The molecule has 0 fully saturated rings. The van der Waals surface area contributed by atoms with Crippen LogP contribution in [-0.4, -0.2) is 4.98 Å². The lowest BCUT2D eigenvalue weighted by molar-refractivity contribution is 1.35. The maximum absolute atomic E-state index is 8.70. The smallest absolute Gasteiger partial charge is 0.133 e. The van der Waals surface area contributed by atoms with Gasteiger partial charge in [-0.2, -0.15) is 5.26 Å². The van der Waals surface area contributed by atoms with E-state index in [0.29, 0.717) is 11.0 Å². The zero-order valence-corrected chi connectivity index (χ0v) is 14.2. The molecule has 24 heavy (non-hydrogen) atoms. The van der Waals surface area contributed by atoms with Gasteiger partial charge < -0.3 is 5.73 Å². The summed E-state index contributed by atoms with van der Waals surface area (Å²) in [4.78, 5) is 4.13. The van der Waals surface area contributed by atoms with Gasteiger partial charge in [0, 0.05) is 11.5 Å². The molecule has 0 amide bonds. The number of halogens is 1. The van der Waals surface area contributed by atoms with Gasteiger partial charge in [0.1, 0.15) is 11.0 Å². The highest BCUT2D eigenvalue weighted by molar-refractivity contribution is 6.30. The Morgan fingerprint density at radius 3 is 2.50 bits per heavy atom. The molecule has 0 radical (unpaired) electrons. The Labute approximate surface area is 146 Å². The van der Waals surface area contributed by atoms with Crippen molar-refractivity contribution < 1.29 is 0 Å². The molecular weight excluding hydrogens is 318 g/mol. The number of aromatic nitrogens is 1. The fourth-order valence-corrected chi connectivity index (χ4v) is 3.34. The largest absolute Gasteiger partial charge is 0.383 e. The number of nitrogens with zero attached hydrogens (tertiary/aromatic N) is 2. The van der Waals surface area contributed by atoms with Gasteiger partial charge in [-0.05, 0) is 59.2 Å². The number of pyridine rings is 1. The molecule has 0 saturated heterocycles. The molecule has 0 spiro atoms. The van der Waals surface area contributed by atoms with Crippen molar-refractivity contribution in [3.8, 4) is 17.2 Å². The van der Waals surface area contributed by atoms with E-state index in [0.717, 1.165) is 38.6 Å². The summed E-state index contributed by atoms with van der Waals surface area (Å²) in [6.07, 6.45) is 3.30. The number of fused-ring (bicyclic) bond motifs is 1. The zero-order valence-electron chi connectivity index (χ0n) is 13.5. The third-order valence-electron chi connectivity index (χ3n) is 4.05. The maximum Gasteiger partial charge on any atom is 0.133 e. The monoisotopic (exact) mass is 333 g/mol. The molecule has 4 heteroatoms. The van der Waals surface area contributed by atoms with Crippen molar-refractivity contribution >= 4 is 34.3 Å². The fourth-order valence-electron chi connectivity index (χ4n) is 3.14. The Bertz CT molecular complexity index is 990. The third kappa shape index (κ3) is 2.84. The van der Waals surface area contributed by atoms with Crippen LogP contribution in [0.1, 0.15) is 16.7 Å². The SMILES string of the molecule is Cc1cc(C=CC#N)cc(C)c1-c1cccc2c(N)nc(Cl)cc12. The average molecular weight is 334 g/mol. The number of rotatable bonds is 2. The van der Waals surface area contributed by atoms with Crippen LogP contribution in [-0.2, 0) is 0 Å². The molecule has 0 atom stereocenters. The summed E-state index contributed by atoms with van der Waals surface area (Å²) in [5.41, 5.74) is 11.5. The zero-order chi connectivity index (χ0) is 17.3. The Balaban J connectivity index is 2.29. The molecule has 0 bridgehead atoms. The number of benzene rings is 2. The molecule has 0 aliphatic heterocycles. The summed E-state index contributed by atoms with van der Waals surface area (Å²) in [5.74, 6) is 0.434. The minimum Gasteiger partial charge on any atom is -0.383 e. The number of allylic oxidation sites excluding steroid dienone is 1. The van der Waals surface area contributed by atoms with Gasteiger partial charge in [0.2, 0.25) is 0 Å². The van der Waals surface area contributed by atoms with E-state index in [4.69, 9.17) is 22.6 Å². The minimum absolute atomic E-state index is 0.385. The Morgan fingerprint density at radius 2 is 1.83 bits per heavy atom. The summed E-state index contributed by atoms with van der Waals surface area (Å²) in [6.45, 7) is 4.13. The van der Waals surface area contributed by atoms with E-state index < -0.39 is 0 Å². The second-order valence-electron chi connectivity index (χ2n) is 5.72. The van der Waals surface area contributed by atoms with Gasteiger partial charge >= 0.3 is 0 Å². The first-order valence-electron chi connectivity index (χ1n) is 7.54. The van der Waals surface area contributed by atoms with E-state index in [1.807, 2.05) is 30.3 Å². The molecule has 0 aliphatic carbocycles. The molecule has 0 unspecified atom stereocenters. The molecule has 1 aromatic heterocycles. The first kappa shape index (κ1) is 16.0. The van der Waals surface area contributed by atoms with Crippen LogP contribution in [0.3, 0.4) is 0 Å². The molecule has 3 rings (SSSR count). The van der Waals surface area contributed by atoms with Crippen molar-refractivity contribution in [3.63, 3.8) is 0 Å². The molecule has 3 aromatic rings. The van der Waals surface area contributed by atoms with Crippen molar-refractivity contribution in [2.24, 2.45) is 0 Å². The normalized spacial score (nSPS) is 11.1. The van der Waals surface area contributed by atoms with E-state index in [1.54, 1.807) is 0 Å². The topological polar surface area (TPSA) is 62.7 Å². The van der Waals surface area contributed by atoms with Crippen LogP contribution >= 0.6 is 11.6 Å². The lowest BCUT2D eigenvalue weighted by Crippen LogP contribution is -1.95. The number of aryl methyl sites for hydroxylation is 2. The van der Waals surface area contributed by atoms with Crippen molar-refractivity contribution in [2.45, 2.75) is 13.8 Å². The van der Waals surface area contributed by atoms with Gasteiger partial charge in [-0.3, -0.25) is 0 Å². The van der Waals surface area contributed by atoms with Crippen LogP contribution in [0.15, 0.2) is 42.5 Å². The number of nitriles is 1. The maximum atomic E-state index is 8.70. The summed E-state index contributed by atoms with van der Waals surface area (Å²) < 4.78 is 0. The predicted octanol–water partition coefficient (Wildman–Crippen LogP) is 5.29. The molecule has 0 aliphatic rings. The fraction of sp³-hybridized carbons (Fsp3) is 0.100. The van der Waals surface area contributed by atoms with Crippen LogP contribution in [0.2, 0.25) is 5.15 Å². The van der Waals surface area contributed by atoms with Gasteiger partial charge in [-0.15, -0.1) is 0 Å². The first-order valence-corrected chi connectivity index (χ1v) is 7.91. The lowest BCUT2D eigenvalue weighted by Gasteiger charge is -2.15. The highest BCUT2D eigenvalue weighted by Crippen LogP contribution is 2.36. The Morgan fingerprint density at radius 1 is 1.12 bits per heavy atom. The summed E-state index contributed by atoms with van der Waals surface area (Å²) in [6, 6.07) is 14.0. The van der Waals surface area contributed by atoms with Crippen molar-refractivity contribution in [2.75, 3.05) is 5.73 Å². The molecule has 118 valence electrons. The quantitative estimate of drug-likeness (QED) is 0.512. The van der Waals surface area contributed by atoms with E-state index in [9.17, 15) is 0 Å². The summed E-state index contributed by atoms with van der Waals surface area (Å²) >= 11 is 6.11. The molecule has 2 N–H and O–H groups in total. The molecule has 0 saturated carbocycles. The second kappa shape index (κ2) is 6.35. The average Bonchev–Trinajstić information content (AvgIpc) is 2.52. The van der Waals surface area contributed by atoms with Crippen molar-refractivity contribution in [3.05, 3.63) is 64.3 Å². The molecule has 1 heterocycles. The van der Waals surface area contributed by atoms with Crippen LogP contribution in [0, 0.1) is 25.2 Å². The molecule has 2 aromatic carbocycles. The second-order valence-corrected chi connectivity index (χ2v) is 6.11. The number of nitrogens with two attached hydrogens (primary N) is 1. The van der Waals surface area contributed by atoms with Gasteiger partial charge in [0.25, 0.3) is 0 Å². The first-order chi connectivity index (χ1) is 11.5. The summed E-state index contributed by atoms with van der Waals surface area (Å²) in [5, 5.41) is 11.0. The Hall–Kier alpha value is -2.83. The number of anilines is 1. The van der Waals surface area contributed by atoms with E-state index >= 15 is 0 Å². The molecular formula is C20H16ClN3. The van der Waals surface area contributed by atoms with Gasteiger partial charge in [0.05, 0.1) is 6.07 Å². The van der Waals surface area contributed by atoms with E-state index in [1.165, 1.54) is 6.08 Å². The third-order valence-corrected chi connectivity index (χ3v) is 4.24. The number of hydrogen-bond acceptors (Lipinski definition) is 3. The van der Waals surface area contributed by atoms with Gasteiger partial charge in [-0.1, -0.05) is 41.9 Å². The van der Waals surface area contributed by atoms with Crippen LogP contribution < -0.4 is 5.73 Å². The summed E-state index contributed by atoms with van der Waals surface area (Å²) in [7, 11) is 0. The highest BCUT2D eigenvalue weighted by atomic mass is 35.5. The molecule has 3 nitrogen and oxygen atoms in total. The highest BCUT2D eigenvalue weighted by Gasteiger charge is 2.12. The van der Waals surface area contributed by atoms with Crippen molar-refractivity contribution in [1.29, 1.82) is 5.26 Å². The minimum atomic E-state index is 0.385. The number of hydrogen-bond donors (Lipinski definition) is 1. The van der Waals surface area contributed by atoms with Crippen molar-refractivity contribution in [1.82, 2.24) is 4.98 Å². The number of nitrogen functional groups attached to an aromatic ring is 1. The van der Waals surface area contributed by atoms with Crippen LogP contribution in [0.5, 0.6) is 0 Å². The predicted molar refractivity (Wildman–Crippen MR) is 101 cm³/mol. The lowest BCUT2D eigenvalue weighted by atomic mass is 9.90. The standard InChI is InChI=1S/C20H16ClN3/c1-12-9-14(5-4-8-22)10-13(2)19(12)15-6-3-7-16-17(15)11-18(21)24-20(16)23/h3-7,9-11H,1-2H3,(H2,23,24). The van der Waals surface area contributed by atoms with Crippen LogP contribution in [0.25, 0.3) is 28.0 Å². The van der Waals surface area contributed by atoms with Crippen LogP contribution in [0.4, 0.5) is 5.82 Å². The van der Waals surface area contributed by atoms with E-state index in [2.05, 4.69) is 37.0 Å². The Kier molecular flexibility index (Phi) is 4.24. The van der Waals surface area contributed by atoms with E-state index in [-0.39, 0.29) is 0 Å². The van der Waals surface area contributed by atoms with Gasteiger partial charge in [0.15, 0.2) is 0 Å².